The van der Waals surface area contributed by atoms with Gasteiger partial charge in [0.15, 0.2) is 0 Å². The first-order chi connectivity index (χ1) is 7.66. The lowest BCUT2D eigenvalue weighted by Gasteiger charge is -2.32. The zero-order chi connectivity index (χ0) is 11.5. The van der Waals surface area contributed by atoms with Crippen molar-refractivity contribution in [1.82, 2.24) is 4.90 Å². The predicted octanol–water partition coefficient (Wildman–Crippen LogP) is 1.45. The van der Waals surface area contributed by atoms with Crippen molar-refractivity contribution >= 4 is 5.78 Å². The van der Waals surface area contributed by atoms with E-state index in [1.54, 1.807) is 0 Å². The molecule has 0 spiro atoms. The molecule has 0 radical (unpaired) electrons. The molecule has 1 heterocycles. The predicted molar refractivity (Wildman–Crippen MR) is 63.2 cm³/mol. The number of carbonyl (C=O) groups excluding carboxylic acids is 1. The van der Waals surface area contributed by atoms with Crippen molar-refractivity contribution in [3.8, 4) is 0 Å². The van der Waals surface area contributed by atoms with E-state index in [0.29, 0.717) is 11.7 Å². The molecule has 2 rings (SSSR count). The number of rotatable bonds is 2. The van der Waals surface area contributed by atoms with Gasteiger partial charge in [-0.05, 0) is 58.7 Å². The molecule has 0 aromatic heterocycles. The highest BCUT2D eigenvalue weighted by atomic mass is 16.3. The maximum absolute atomic E-state index is 12.3. The second kappa shape index (κ2) is 5.28. The normalized spacial score (nSPS) is 33.9. The molecule has 0 unspecified atom stereocenters. The highest BCUT2D eigenvalue weighted by molar-refractivity contribution is 5.83. The van der Waals surface area contributed by atoms with E-state index in [-0.39, 0.29) is 12.0 Å². The molecular weight excluding hydrogens is 202 g/mol. The van der Waals surface area contributed by atoms with Crippen LogP contribution in [0.5, 0.6) is 0 Å². The molecule has 0 aromatic rings. The Hall–Kier alpha value is -0.410. The number of aliphatic hydroxyl groups excluding tert-OH is 1. The summed E-state index contributed by atoms with van der Waals surface area (Å²) in [6, 6.07) is 0. The lowest BCUT2D eigenvalue weighted by atomic mass is 9.78. The molecule has 0 amide bonds. The lowest BCUT2D eigenvalue weighted by Crippen LogP contribution is -2.37. The molecule has 16 heavy (non-hydrogen) atoms. The van der Waals surface area contributed by atoms with Crippen LogP contribution in [0.3, 0.4) is 0 Å². The smallest absolute Gasteiger partial charge is 0.139 e. The van der Waals surface area contributed by atoms with Gasteiger partial charge in [-0.1, -0.05) is 0 Å². The van der Waals surface area contributed by atoms with Crippen LogP contribution < -0.4 is 0 Å². The van der Waals surface area contributed by atoms with E-state index in [0.717, 1.165) is 51.6 Å². The largest absolute Gasteiger partial charge is 0.393 e. The molecular formula is C13H23NO2. The number of aliphatic hydroxyl groups is 1. The Kier molecular flexibility index (Phi) is 3.98. The van der Waals surface area contributed by atoms with Crippen molar-refractivity contribution in [1.29, 1.82) is 0 Å². The van der Waals surface area contributed by atoms with E-state index in [1.807, 2.05) is 0 Å². The van der Waals surface area contributed by atoms with Gasteiger partial charge in [-0.25, -0.2) is 0 Å². The van der Waals surface area contributed by atoms with Gasteiger partial charge in [0, 0.05) is 11.8 Å². The Bertz CT molecular complexity index is 214. The SMILES string of the molecule is CN1CCC(C(=O)C2CCC(O)CC2)CC1. The quantitative estimate of drug-likeness (QED) is 0.773. The first-order valence-electron chi connectivity index (χ1n) is 6.57. The fourth-order valence-corrected chi connectivity index (χ4v) is 2.99. The minimum atomic E-state index is -0.151. The Morgan fingerprint density at radius 2 is 1.50 bits per heavy atom. The topological polar surface area (TPSA) is 40.5 Å². The van der Waals surface area contributed by atoms with Crippen molar-refractivity contribution in [3.63, 3.8) is 0 Å². The van der Waals surface area contributed by atoms with E-state index < -0.39 is 0 Å². The van der Waals surface area contributed by atoms with Gasteiger partial charge in [0.05, 0.1) is 6.10 Å². The summed E-state index contributed by atoms with van der Waals surface area (Å²) in [7, 11) is 2.12. The summed E-state index contributed by atoms with van der Waals surface area (Å²) < 4.78 is 0. The zero-order valence-corrected chi connectivity index (χ0v) is 10.2. The zero-order valence-electron chi connectivity index (χ0n) is 10.2. The third kappa shape index (κ3) is 2.83. The molecule has 1 saturated carbocycles. The van der Waals surface area contributed by atoms with Gasteiger partial charge in [0.25, 0.3) is 0 Å². The Morgan fingerprint density at radius 3 is 2.06 bits per heavy atom. The molecule has 2 fully saturated rings. The van der Waals surface area contributed by atoms with Gasteiger partial charge in [-0.2, -0.15) is 0 Å². The summed E-state index contributed by atoms with van der Waals surface area (Å²) in [6.45, 7) is 2.12. The number of likely N-dealkylation sites (tertiary alicyclic amines) is 1. The number of carbonyl (C=O) groups is 1. The third-order valence-electron chi connectivity index (χ3n) is 4.22. The van der Waals surface area contributed by atoms with Crippen LogP contribution in [0.15, 0.2) is 0 Å². The molecule has 1 saturated heterocycles. The van der Waals surface area contributed by atoms with Crippen LogP contribution in [0.1, 0.15) is 38.5 Å². The summed E-state index contributed by atoms with van der Waals surface area (Å²) in [5, 5.41) is 9.44. The number of hydrogen-bond acceptors (Lipinski definition) is 3. The molecule has 1 aliphatic heterocycles. The van der Waals surface area contributed by atoms with Crippen LogP contribution in [0.4, 0.5) is 0 Å². The number of Topliss-reactive ketones (excluding diaryl/α,β-unsaturated/α-hetero) is 1. The van der Waals surface area contributed by atoms with Gasteiger partial charge >= 0.3 is 0 Å². The maximum Gasteiger partial charge on any atom is 0.139 e. The second-order valence-corrected chi connectivity index (χ2v) is 5.49. The van der Waals surface area contributed by atoms with Crippen molar-refractivity contribution < 1.29 is 9.90 Å². The number of ketones is 1. The van der Waals surface area contributed by atoms with Crippen molar-refractivity contribution in [2.45, 2.75) is 44.6 Å². The molecule has 0 aromatic carbocycles. The van der Waals surface area contributed by atoms with E-state index in [2.05, 4.69) is 11.9 Å². The highest BCUT2D eigenvalue weighted by Gasteiger charge is 2.31. The Morgan fingerprint density at radius 1 is 1.00 bits per heavy atom. The average molecular weight is 225 g/mol. The van der Waals surface area contributed by atoms with Crippen LogP contribution >= 0.6 is 0 Å². The monoisotopic (exact) mass is 225 g/mol. The molecule has 0 atom stereocenters. The number of piperidine rings is 1. The molecule has 2 aliphatic rings. The maximum atomic E-state index is 12.3. The first-order valence-corrected chi connectivity index (χ1v) is 6.57. The van der Waals surface area contributed by atoms with Crippen LogP contribution in [0.2, 0.25) is 0 Å². The second-order valence-electron chi connectivity index (χ2n) is 5.49. The number of hydrogen-bond donors (Lipinski definition) is 1. The van der Waals surface area contributed by atoms with Crippen LogP contribution in [0.25, 0.3) is 0 Å². The molecule has 1 N–H and O–H groups in total. The average Bonchev–Trinajstić information content (AvgIpc) is 2.30. The summed E-state index contributed by atoms with van der Waals surface area (Å²) in [6.07, 6.45) is 5.38. The lowest BCUT2D eigenvalue weighted by molar-refractivity contribution is -0.129. The van der Waals surface area contributed by atoms with Crippen molar-refractivity contribution in [3.05, 3.63) is 0 Å². The van der Waals surface area contributed by atoms with Gasteiger partial charge in [0.2, 0.25) is 0 Å². The minimum Gasteiger partial charge on any atom is -0.393 e. The standard InChI is InChI=1S/C13H23NO2/c1-14-8-6-11(7-9-14)13(16)10-2-4-12(15)5-3-10/h10-12,15H,2-9H2,1H3. The molecule has 3 heteroatoms. The highest BCUT2D eigenvalue weighted by Crippen LogP contribution is 2.30. The van der Waals surface area contributed by atoms with Gasteiger partial charge in [-0.15, -0.1) is 0 Å². The molecule has 1 aliphatic carbocycles. The minimum absolute atomic E-state index is 0.151. The van der Waals surface area contributed by atoms with Crippen LogP contribution in [-0.2, 0) is 4.79 Å². The van der Waals surface area contributed by atoms with Crippen LogP contribution in [0, 0.1) is 11.8 Å². The summed E-state index contributed by atoms with van der Waals surface area (Å²) >= 11 is 0. The van der Waals surface area contributed by atoms with E-state index in [9.17, 15) is 9.90 Å². The Balaban J connectivity index is 1.83. The number of nitrogens with zero attached hydrogens (tertiary/aromatic N) is 1. The summed E-state index contributed by atoms with van der Waals surface area (Å²) in [4.78, 5) is 14.6. The van der Waals surface area contributed by atoms with Gasteiger partial charge in [0.1, 0.15) is 5.78 Å². The third-order valence-corrected chi connectivity index (χ3v) is 4.22. The molecule has 3 nitrogen and oxygen atoms in total. The van der Waals surface area contributed by atoms with Crippen molar-refractivity contribution in [2.24, 2.45) is 11.8 Å². The van der Waals surface area contributed by atoms with E-state index in [1.165, 1.54) is 0 Å². The van der Waals surface area contributed by atoms with Gasteiger partial charge < -0.3 is 10.0 Å². The molecule has 92 valence electrons. The van der Waals surface area contributed by atoms with Crippen molar-refractivity contribution in [2.75, 3.05) is 20.1 Å². The fraction of sp³-hybridized carbons (Fsp3) is 0.923. The first kappa shape index (κ1) is 12.1. The molecule has 0 bridgehead atoms. The summed E-state index contributed by atoms with van der Waals surface area (Å²) in [5.74, 6) is 1.04. The van der Waals surface area contributed by atoms with E-state index in [4.69, 9.17) is 0 Å². The fourth-order valence-electron chi connectivity index (χ4n) is 2.99. The van der Waals surface area contributed by atoms with E-state index >= 15 is 0 Å². The summed E-state index contributed by atoms with van der Waals surface area (Å²) in [5.41, 5.74) is 0. The Labute approximate surface area is 97.8 Å². The van der Waals surface area contributed by atoms with Crippen LogP contribution in [-0.4, -0.2) is 42.0 Å². The van der Waals surface area contributed by atoms with Gasteiger partial charge in [-0.3, -0.25) is 4.79 Å².